The zero-order chi connectivity index (χ0) is 15.9. The number of ether oxygens (including phenoxy) is 2. The molecule has 4 heteroatoms. The molecule has 0 saturated carbocycles. The van der Waals surface area contributed by atoms with Gasteiger partial charge in [-0.05, 0) is 19.4 Å². The van der Waals surface area contributed by atoms with Crippen molar-refractivity contribution in [1.29, 1.82) is 0 Å². The molecule has 4 rings (SSSR count). The summed E-state index contributed by atoms with van der Waals surface area (Å²) in [7, 11) is 0. The van der Waals surface area contributed by atoms with Crippen molar-refractivity contribution in [2.45, 2.75) is 43.4 Å². The topological polar surface area (TPSA) is 38.8 Å². The first kappa shape index (κ1) is 14.7. The summed E-state index contributed by atoms with van der Waals surface area (Å²) in [5.74, 6) is 6.03. The Morgan fingerprint density at radius 3 is 3.30 bits per heavy atom. The summed E-state index contributed by atoms with van der Waals surface area (Å²) in [6, 6.07) is 0.647. The number of hydrogen-bond donors (Lipinski definition) is 0. The van der Waals surface area contributed by atoms with Gasteiger partial charge in [-0.25, -0.2) is 4.79 Å². The van der Waals surface area contributed by atoms with Gasteiger partial charge >= 0.3 is 5.97 Å². The summed E-state index contributed by atoms with van der Waals surface area (Å²) in [6.07, 6.45) is 9.99. The van der Waals surface area contributed by atoms with Crippen molar-refractivity contribution < 1.29 is 14.3 Å². The second kappa shape index (κ2) is 5.67. The van der Waals surface area contributed by atoms with E-state index >= 15 is 0 Å². The minimum Gasteiger partial charge on any atom is -0.449 e. The van der Waals surface area contributed by atoms with Crippen molar-refractivity contribution in [2.24, 2.45) is 0 Å². The van der Waals surface area contributed by atoms with Crippen LogP contribution in [0.2, 0.25) is 0 Å². The quantitative estimate of drug-likeness (QED) is 0.346. The van der Waals surface area contributed by atoms with Gasteiger partial charge in [0, 0.05) is 29.7 Å². The molecule has 2 fully saturated rings. The molecule has 3 heterocycles. The lowest BCUT2D eigenvalue weighted by Crippen LogP contribution is -2.48. The average molecular weight is 311 g/mol. The summed E-state index contributed by atoms with van der Waals surface area (Å²) in [4.78, 5) is 14.5. The van der Waals surface area contributed by atoms with E-state index in [-0.39, 0.29) is 5.97 Å². The van der Waals surface area contributed by atoms with Crippen molar-refractivity contribution in [2.75, 3.05) is 19.8 Å². The molecule has 0 aromatic heterocycles. The van der Waals surface area contributed by atoms with Crippen LogP contribution in [0.25, 0.3) is 0 Å². The van der Waals surface area contributed by atoms with E-state index in [2.05, 4.69) is 29.4 Å². The van der Waals surface area contributed by atoms with Gasteiger partial charge in [0.25, 0.3) is 0 Å². The highest BCUT2D eigenvalue weighted by Gasteiger charge is 2.61. The Labute approximate surface area is 136 Å². The molecule has 1 spiro atoms. The highest BCUT2D eigenvalue weighted by molar-refractivity contribution is 5.90. The third-order valence-electron chi connectivity index (χ3n) is 5.30. The Morgan fingerprint density at radius 1 is 1.52 bits per heavy atom. The predicted molar refractivity (Wildman–Crippen MR) is 86.5 cm³/mol. The number of esters is 1. The molecule has 0 aromatic rings. The molecule has 4 nitrogen and oxygen atoms in total. The van der Waals surface area contributed by atoms with Crippen LogP contribution in [0.1, 0.15) is 25.7 Å². The molecule has 3 aliphatic heterocycles. The van der Waals surface area contributed by atoms with Gasteiger partial charge in [0.2, 0.25) is 0 Å². The molecule has 0 N–H and O–H groups in total. The van der Waals surface area contributed by atoms with Crippen LogP contribution in [-0.4, -0.2) is 48.3 Å². The van der Waals surface area contributed by atoms with Gasteiger partial charge in [-0.2, -0.15) is 0 Å². The van der Waals surface area contributed by atoms with E-state index in [0.717, 1.165) is 30.5 Å². The van der Waals surface area contributed by atoms with Crippen LogP contribution in [0, 0.1) is 11.8 Å². The maximum absolute atomic E-state index is 12.0. The SMILES string of the molecule is C=CCOCC#CC1=C[C@@H]2C[C@@]3(OC(=O)C=C13)C1CCCCN12. The number of rotatable bonds is 3. The Morgan fingerprint density at radius 2 is 2.43 bits per heavy atom. The lowest BCUT2D eigenvalue weighted by molar-refractivity contribution is -0.148. The first-order valence-electron chi connectivity index (χ1n) is 8.35. The maximum Gasteiger partial charge on any atom is 0.332 e. The van der Waals surface area contributed by atoms with Gasteiger partial charge < -0.3 is 9.47 Å². The number of piperidine rings is 1. The third-order valence-corrected chi connectivity index (χ3v) is 5.30. The van der Waals surface area contributed by atoms with Crippen LogP contribution in [0.3, 0.4) is 0 Å². The molecule has 1 aliphatic carbocycles. The van der Waals surface area contributed by atoms with E-state index in [1.807, 2.05) is 0 Å². The van der Waals surface area contributed by atoms with Gasteiger partial charge in [-0.1, -0.05) is 30.4 Å². The molecule has 0 amide bonds. The molecule has 4 aliphatic rings. The lowest BCUT2D eigenvalue weighted by Gasteiger charge is -2.38. The van der Waals surface area contributed by atoms with Crippen LogP contribution in [0.15, 0.2) is 36.0 Å². The summed E-state index contributed by atoms with van der Waals surface area (Å²) < 4.78 is 11.2. The van der Waals surface area contributed by atoms with Gasteiger partial charge in [-0.15, -0.1) is 6.58 Å². The van der Waals surface area contributed by atoms with Crippen molar-refractivity contribution >= 4 is 5.97 Å². The van der Waals surface area contributed by atoms with Crippen molar-refractivity contribution in [3.63, 3.8) is 0 Å². The van der Waals surface area contributed by atoms with E-state index in [1.54, 1.807) is 12.2 Å². The Kier molecular flexibility index (Phi) is 3.63. The second-order valence-electron chi connectivity index (χ2n) is 6.58. The van der Waals surface area contributed by atoms with Crippen molar-refractivity contribution in [1.82, 2.24) is 4.90 Å². The van der Waals surface area contributed by atoms with Crippen molar-refractivity contribution in [3.05, 3.63) is 36.0 Å². The monoisotopic (exact) mass is 311 g/mol. The van der Waals surface area contributed by atoms with Crippen LogP contribution in [-0.2, 0) is 14.3 Å². The van der Waals surface area contributed by atoms with Crippen LogP contribution in [0.4, 0.5) is 0 Å². The first-order chi connectivity index (χ1) is 11.2. The Balaban J connectivity index is 1.64. The van der Waals surface area contributed by atoms with Gasteiger partial charge in [0.1, 0.15) is 6.61 Å². The van der Waals surface area contributed by atoms with Gasteiger partial charge in [0.05, 0.1) is 12.6 Å². The van der Waals surface area contributed by atoms with E-state index in [4.69, 9.17) is 9.47 Å². The molecule has 0 aromatic carbocycles. The number of carbonyl (C=O) groups is 1. The number of hydrogen-bond acceptors (Lipinski definition) is 4. The number of fused-ring (bicyclic) bond motifs is 3. The molecular weight excluding hydrogens is 290 g/mol. The van der Waals surface area contributed by atoms with Crippen LogP contribution < -0.4 is 0 Å². The van der Waals surface area contributed by atoms with Crippen molar-refractivity contribution in [3.8, 4) is 11.8 Å². The van der Waals surface area contributed by atoms with E-state index in [0.29, 0.717) is 25.3 Å². The molecule has 2 bridgehead atoms. The summed E-state index contributed by atoms with van der Waals surface area (Å²) in [6.45, 7) is 5.57. The minimum atomic E-state index is -0.455. The van der Waals surface area contributed by atoms with Crippen LogP contribution in [0.5, 0.6) is 0 Å². The average Bonchev–Trinajstić information content (AvgIpc) is 3.03. The fourth-order valence-electron chi connectivity index (χ4n) is 4.49. The fraction of sp³-hybridized carbons (Fsp3) is 0.526. The lowest BCUT2D eigenvalue weighted by atomic mass is 9.77. The molecule has 120 valence electrons. The molecule has 3 atom stereocenters. The normalized spacial score (nSPS) is 34.5. The second-order valence-corrected chi connectivity index (χ2v) is 6.58. The van der Waals surface area contributed by atoms with Crippen LogP contribution >= 0.6 is 0 Å². The third kappa shape index (κ3) is 2.27. The van der Waals surface area contributed by atoms with Gasteiger partial charge in [0.15, 0.2) is 5.60 Å². The smallest absolute Gasteiger partial charge is 0.332 e. The minimum absolute atomic E-state index is 0.219. The Hall–Kier alpha value is -1.83. The van der Waals surface area contributed by atoms with Gasteiger partial charge in [-0.3, -0.25) is 4.90 Å². The number of carbonyl (C=O) groups excluding carboxylic acids is 1. The molecule has 1 unspecified atom stereocenters. The van der Waals surface area contributed by atoms with E-state index in [9.17, 15) is 4.79 Å². The molecule has 2 saturated heterocycles. The molecular formula is C19H21NO3. The largest absolute Gasteiger partial charge is 0.449 e. The Bertz CT molecular complexity index is 666. The highest BCUT2D eigenvalue weighted by atomic mass is 16.6. The predicted octanol–water partition coefficient (Wildman–Crippen LogP) is 1.98. The first-order valence-corrected chi connectivity index (χ1v) is 8.35. The summed E-state index contributed by atoms with van der Waals surface area (Å²) >= 11 is 0. The van der Waals surface area contributed by atoms with E-state index < -0.39 is 5.60 Å². The maximum atomic E-state index is 12.0. The standard InChI is InChI=1S/C19H21NO3/c1-2-9-22-10-5-6-14-11-15-13-19(16(14)12-18(21)23-19)17-7-3-4-8-20(15)17/h2,11-12,15,17H,1,3-4,7-10,13H2/t15-,17?,19+/m1/s1. The van der Waals surface area contributed by atoms with E-state index in [1.165, 1.54) is 12.8 Å². The molecule has 23 heavy (non-hydrogen) atoms. The highest BCUT2D eigenvalue weighted by Crippen LogP contribution is 2.53. The zero-order valence-electron chi connectivity index (χ0n) is 13.2. The summed E-state index contributed by atoms with van der Waals surface area (Å²) in [5.41, 5.74) is 1.48. The number of nitrogens with zero attached hydrogens (tertiary/aromatic N) is 1. The fourth-order valence-corrected chi connectivity index (χ4v) is 4.49. The summed E-state index contributed by atoms with van der Waals surface area (Å²) in [5, 5.41) is 0. The zero-order valence-corrected chi connectivity index (χ0v) is 13.2. The molecule has 0 radical (unpaired) electrons.